The van der Waals surface area contributed by atoms with E-state index in [9.17, 15) is 9.90 Å². The van der Waals surface area contributed by atoms with E-state index in [1.165, 1.54) is 7.11 Å². The summed E-state index contributed by atoms with van der Waals surface area (Å²) in [7, 11) is 1.39. The van der Waals surface area contributed by atoms with E-state index in [4.69, 9.17) is 0 Å². The average Bonchev–Trinajstić information content (AvgIpc) is 2.53. The number of rotatable bonds is 5. The van der Waals surface area contributed by atoms with Crippen molar-refractivity contribution >= 4 is 5.97 Å². The number of methoxy groups -OCH3 is 1. The van der Waals surface area contributed by atoms with Crippen LogP contribution in [0.4, 0.5) is 0 Å². The number of aryl methyl sites for hydroxylation is 1. The molecule has 0 fully saturated rings. The average molecular weight is 285 g/mol. The number of carbonyl (C=O) groups excluding carboxylic acids is 1. The summed E-state index contributed by atoms with van der Waals surface area (Å²) in [6.45, 7) is 1.74. The molecular formula is C17H19NO3. The second-order valence-corrected chi connectivity index (χ2v) is 4.93. The minimum atomic E-state index is -0.496. The molecule has 0 unspecified atom stereocenters. The van der Waals surface area contributed by atoms with Crippen LogP contribution in [0.2, 0.25) is 0 Å². The summed E-state index contributed by atoms with van der Waals surface area (Å²) in [6, 6.07) is 11.6. The van der Waals surface area contributed by atoms with Crippen LogP contribution < -0.4 is 0 Å². The van der Waals surface area contributed by atoms with Gasteiger partial charge in [-0.2, -0.15) is 0 Å². The maximum absolute atomic E-state index is 11.1. The minimum Gasteiger partial charge on any atom is -0.469 e. The molecule has 1 heterocycles. The van der Waals surface area contributed by atoms with E-state index in [0.717, 1.165) is 22.4 Å². The van der Waals surface area contributed by atoms with Crippen LogP contribution in [0.1, 0.15) is 30.6 Å². The summed E-state index contributed by atoms with van der Waals surface area (Å²) in [5.41, 5.74) is 3.67. The van der Waals surface area contributed by atoms with Gasteiger partial charge in [0.1, 0.15) is 0 Å². The van der Waals surface area contributed by atoms with Gasteiger partial charge >= 0.3 is 5.97 Å². The van der Waals surface area contributed by atoms with Crippen LogP contribution in [-0.4, -0.2) is 23.2 Å². The molecular weight excluding hydrogens is 266 g/mol. The van der Waals surface area contributed by atoms with Crippen LogP contribution in [0, 0.1) is 0 Å². The van der Waals surface area contributed by atoms with Crippen molar-refractivity contribution in [2.24, 2.45) is 0 Å². The predicted molar refractivity (Wildman–Crippen MR) is 80.6 cm³/mol. The molecule has 4 heteroatoms. The van der Waals surface area contributed by atoms with Gasteiger partial charge in [-0.25, -0.2) is 0 Å². The number of aliphatic hydroxyl groups excluding tert-OH is 1. The molecule has 0 amide bonds. The standard InChI is InChI=1S/C17H19NO3/c1-12(19)14-4-3-5-15(10-14)16-8-6-13(11-18-16)7-9-17(20)21-2/h3-6,8,10-12,19H,7,9H2,1-2H3/t12-/m1/s1. The fraction of sp³-hybridized carbons (Fsp3) is 0.294. The molecule has 4 nitrogen and oxygen atoms in total. The van der Waals surface area contributed by atoms with Crippen LogP contribution in [0.25, 0.3) is 11.3 Å². The fourth-order valence-electron chi connectivity index (χ4n) is 2.05. The summed E-state index contributed by atoms with van der Waals surface area (Å²) in [5, 5.41) is 9.62. The molecule has 1 aromatic carbocycles. The highest BCUT2D eigenvalue weighted by Crippen LogP contribution is 2.22. The molecule has 1 aromatic heterocycles. The van der Waals surface area contributed by atoms with Crippen molar-refractivity contribution in [1.82, 2.24) is 4.98 Å². The lowest BCUT2D eigenvalue weighted by Gasteiger charge is -2.08. The van der Waals surface area contributed by atoms with Crippen LogP contribution in [-0.2, 0) is 16.0 Å². The largest absolute Gasteiger partial charge is 0.469 e. The number of esters is 1. The zero-order chi connectivity index (χ0) is 15.2. The number of nitrogens with zero attached hydrogens (tertiary/aromatic N) is 1. The topological polar surface area (TPSA) is 59.4 Å². The summed E-state index contributed by atoms with van der Waals surface area (Å²) < 4.78 is 4.62. The Bertz CT molecular complexity index is 606. The molecule has 21 heavy (non-hydrogen) atoms. The maximum atomic E-state index is 11.1. The van der Waals surface area contributed by atoms with E-state index in [-0.39, 0.29) is 5.97 Å². The van der Waals surface area contributed by atoms with Gasteiger partial charge in [0.2, 0.25) is 0 Å². The number of aromatic nitrogens is 1. The molecule has 110 valence electrons. The number of ether oxygens (including phenoxy) is 1. The van der Waals surface area contributed by atoms with Crippen molar-refractivity contribution < 1.29 is 14.6 Å². The molecule has 0 saturated carbocycles. The van der Waals surface area contributed by atoms with Gasteiger partial charge in [-0.05, 0) is 36.6 Å². The minimum absolute atomic E-state index is 0.219. The molecule has 2 rings (SSSR count). The third kappa shape index (κ3) is 4.13. The summed E-state index contributed by atoms with van der Waals surface area (Å²) in [6.07, 6.45) is 2.25. The van der Waals surface area contributed by atoms with Gasteiger partial charge in [0.25, 0.3) is 0 Å². The molecule has 0 aliphatic heterocycles. The fourth-order valence-corrected chi connectivity index (χ4v) is 2.05. The van der Waals surface area contributed by atoms with E-state index >= 15 is 0 Å². The van der Waals surface area contributed by atoms with Gasteiger partial charge in [-0.3, -0.25) is 9.78 Å². The number of aliphatic hydroxyl groups is 1. The summed E-state index contributed by atoms with van der Waals surface area (Å²) in [4.78, 5) is 15.5. The highest BCUT2D eigenvalue weighted by molar-refractivity contribution is 5.69. The van der Waals surface area contributed by atoms with E-state index in [0.29, 0.717) is 12.8 Å². The molecule has 0 bridgehead atoms. The quantitative estimate of drug-likeness (QED) is 0.858. The zero-order valence-corrected chi connectivity index (χ0v) is 12.2. The Labute approximate surface area is 124 Å². The molecule has 0 aliphatic rings. The normalized spacial score (nSPS) is 12.0. The highest BCUT2D eigenvalue weighted by atomic mass is 16.5. The Morgan fingerprint density at radius 1 is 1.33 bits per heavy atom. The van der Waals surface area contributed by atoms with Gasteiger partial charge in [0, 0.05) is 18.2 Å². The molecule has 0 radical (unpaired) electrons. The van der Waals surface area contributed by atoms with Crippen molar-refractivity contribution in [1.29, 1.82) is 0 Å². The van der Waals surface area contributed by atoms with Gasteiger partial charge in [-0.1, -0.05) is 24.3 Å². The van der Waals surface area contributed by atoms with Crippen LogP contribution in [0.5, 0.6) is 0 Å². The lowest BCUT2D eigenvalue weighted by molar-refractivity contribution is -0.140. The Hall–Kier alpha value is -2.20. The van der Waals surface area contributed by atoms with E-state index in [1.54, 1.807) is 13.1 Å². The number of pyridine rings is 1. The zero-order valence-electron chi connectivity index (χ0n) is 12.2. The predicted octanol–water partition coefficient (Wildman–Crippen LogP) is 2.91. The monoisotopic (exact) mass is 285 g/mol. The second kappa shape index (κ2) is 6.99. The first-order valence-electron chi connectivity index (χ1n) is 6.90. The van der Waals surface area contributed by atoms with Gasteiger partial charge in [-0.15, -0.1) is 0 Å². The van der Waals surface area contributed by atoms with Crippen LogP contribution in [0.3, 0.4) is 0 Å². The van der Waals surface area contributed by atoms with Crippen molar-refractivity contribution in [3.8, 4) is 11.3 Å². The summed E-state index contributed by atoms with van der Waals surface area (Å²) in [5.74, 6) is -0.219. The SMILES string of the molecule is COC(=O)CCc1ccc(-c2cccc([C@@H](C)O)c2)nc1. The number of hydrogen-bond acceptors (Lipinski definition) is 4. The Balaban J connectivity index is 2.11. The first-order valence-corrected chi connectivity index (χ1v) is 6.90. The smallest absolute Gasteiger partial charge is 0.305 e. The molecule has 0 aliphatic carbocycles. The maximum Gasteiger partial charge on any atom is 0.305 e. The van der Waals surface area contributed by atoms with E-state index in [2.05, 4.69) is 9.72 Å². The Kier molecular flexibility index (Phi) is 5.06. The molecule has 0 saturated heterocycles. The van der Waals surface area contributed by atoms with Crippen LogP contribution >= 0.6 is 0 Å². The third-order valence-corrected chi connectivity index (χ3v) is 3.34. The Morgan fingerprint density at radius 2 is 2.14 bits per heavy atom. The number of hydrogen-bond donors (Lipinski definition) is 1. The molecule has 1 N–H and O–H groups in total. The van der Waals surface area contributed by atoms with Crippen molar-refractivity contribution in [3.05, 3.63) is 53.7 Å². The molecule has 0 spiro atoms. The molecule has 2 aromatic rings. The van der Waals surface area contributed by atoms with Crippen molar-refractivity contribution in [3.63, 3.8) is 0 Å². The lowest BCUT2D eigenvalue weighted by atomic mass is 10.0. The first kappa shape index (κ1) is 15.2. The van der Waals surface area contributed by atoms with E-state index in [1.807, 2.05) is 36.4 Å². The lowest BCUT2D eigenvalue weighted by Crippen LogP contribution is -2.02. The van der Waals surface area contributed by atoms with Crippen molar-refractivity contribution in [2.75, 3.05) is 7.11 Å². The third-order valence-electron chi connectivity index (χ3n) is 3.34. The first-order chi connectivity index (χ1) is 10.1. The van der Waals surface area contributed by atoms with Crippen molar-refractivity contribution in [2.45, 2.75) is 25.9 Å². The summed E-state index contributed by atoms with van der Waals surface area (Å²) >= 11 is 0. The second-order valence-electron chi connectivity index (χ2n) is 4.93. The van der Waals surface area contributed by atoms with Gasteiger partial charge in [0.05, 0.1) is 18.9 Å². The van der Waals surface area contributed by atoms with E-state index < -0.39 is 6.10 Å². The number of benzene rings is 1. The Morgan fingerprint density at radius 3 is 2.76 bits per heavy atom. The van der Waals surface area contributed by atoms with Crippen LogP contribution in [0.15, 0.2) is 42.6 Å². The van der Waals surface area contributed by atoms with Gasteiger partial charge in [0.15, 0.2) is 0 Å². The highest BCUT2D eigenvalue weighted by Gasteiger charge is 2.06. The molecule has 1 atom stereocenters. The van der Waals surface area contributed by atoms with Gasteiger partial charge < -0.3 is 9.84 Å². The number of carbonyl (C=O) groups is 1.